The van der Waals surface area contributed by atoms with Crippen molar-refractivity contribution in [1.82, 2.24) is 0 Å². The van der Waals surface area contributed by atoms with Crippen LogP contribution in [0.5, 0.6) is 5.75 Å². The van der Waals surface area contributed by atoms with Crippen LogP contribution in [0.25, 0.3) is 5.57 Å². The quantitative estimate of drug-likeness (QED) is 0.823. The Morgan fingerprint density at radius 1 is 1.17 bits per heavy atom. The average molecular weight is 360 g/mol. The van der Waals surface area contributed by atoms with E-state index in [1.807, 2.05) is 24.4 Å². The number of hydrogen-bond donors (Lipinski definition) is 2. The SMILES string of the molecule is Oc1c(NCCc2ccc(Cl)c(Cl)c2)cc2c3c1N=CC=3CCN=2. The van der Waals surface area contributed by atoms with Gasteiger partial charge in [-0.05, 0) is 42.2 Å². The Morgan fingerprint density at radius 2 is 2.04 bits per heavy atom. The molecule has 24 heavy (non-hydrogen) atoms. The summed E-state index contributed by atoms with van der Waals surface area (Å²) in [5.41, 5.74) is 3.53. The molecule has 2 N–H and O–H groups in total. The van der Waals surface area contributed by atoms with Crippen molar-refractivity contribution >= 4 is 46.4 Å². The Morgan fingerprint density at radius 3 is 2.88 bits per heavy atom. The molecule has 0 aliphatic carbocycles. The van der Waals surface area contributed by atoms with E-state index in [0.717, 1.165) is 41.1 Å². The Bertz CT molecular complexity index is 983. The van der Waals surface area contributed by atoms with Crippen molar-refractivity contribution in [3.63, 3.8) is 0 Å². The van der Waals surface area contributed by atoms with Crippen LogP contribution in [0.1, 0.15) is 12.0 Å². The zero-order valence-electron chi connectivity index (χ0n) is 12.8. The van der Waals surface area contributed by atoms with Crippen LogP contribution < -0.4 is 15.9 Å². The van der Waals surface area contributed by atoms with E-state index in [-0.39, 0.29) is 5.75 Å². The Hall–Kier alpha value is -2.04. The number of phenolic OH excluding ortho intramolecular Hbond substituents is 1. The molecule has 0 fully saturated rings. The second-order valence-electron chi connectivity index (χ2n) is 5.86. The Kier molecular flexibility index (Phi) is 3.94. The molecule has 2 aliphatic heterocycles. The van der Waals surface area contributed by atoms with E-state index in [1.165, 1.54) is 0 Å². The van der Waals surface area contributed by atoms with Crippen molar-refractivity contribution < 1.29 is 5.11 Å². The monoisotopic (exact) mass is 359 g/mol. The number of hydrogen-bond acceptors (Lipinski definition) is 4. The summed E-state index contributed by atoms with van der Waals surface area (Å²) in [5.74, 6) is 0.186. The highest BCUT2D eigenvalue weighted by molar-refractivity contribution is 6.42. The van der Waals surface area contributed by atoms with Crippen LogP contribution in [0.15, 0.2) is 34.3 Å². The number of anilines is 1. The lowest BCUT2D eigenvalue weighted by molar-refractivity contribution is 0.478. The van der Waals surface area contributed by atoms with Crippen molar-refractivity contribution in [3.8, 4) is 5.75 Å². The molecule has 0 saturated heterocycles. The normalized spacial score (nSPS) is 14.5. The highest BCUT2D eigenvalue weighted by Crippen LogP contribution is 2.32. The molecular formula is C18H15Cl2N3O. The van der Waals surface area contributed by atoms with E-state index in [2.05, 4.69) is 15.3 Å². The molecule has 2 aromatic carbocycles. The summed E-state index contributed by atoms with van der Waals surface area (Å²) in [4.78, 5) is 8.91. The van der Waals surface area contributed by atoms with E-state index >= 15 is 0 Å². The zero-order chi connectivity index (χ0) is 16.7. The molecule has 0 aromatic heterocycles. The van der Waals surface area contributed by atoms with E-state index in [4.69, 9.17) is 23.2 Å². The Labute approximate surface area is 149 Å². The highest BCUT2D eigenvalue weighted by Gasteiger charge is 2.18. The van der Waals surface area contributed by atoms with Crippen molar-refractivity contribution in [1.29, 1.82) is 0 Å². The second-order valence-corrected chi connectivity index (χ2v) is 6.67. The van der Waals surface area contributed by atoms with Crippen LogP contribution in [0.3, 0.4) is 0 Å². The van der Waals surface area contributed by atoms with Gasteiger partial charge in [0.2, 0.25) is 0 Å². The predicted octanol–water partition coefficient (Wildman–Crippen LogP) is 3.24. The van der Waals surface area contributed by atoms with Gasteiger partial charge in [0, 0.05) is 24.5 Å². The smallest absolute Gasteiger partial charge is 0.165 e. The predicted molar refractivity (Wildman–Crippen MR) is 98.6 cm³/mol. The fraction of sp³-hybridized carbons (Fsp3) is 0.222. The molecule has 0 amide bonds. The minimum atomic E-state index is 0.186. The summed E-state index contributed by atoms with van der Waals surface area (Å²) in [6.07, 6.45) is 3.48. The summed E-state index contributed by atoms with van der Waals surface area (Å²) in [6, 6.07) is 7.50. The number of nitrogens with zero attached hydrogens (tertiary/aromatic N) is 2. The maximum absolute atomic E-state index is 10.5. The van der Waals surface area contributed by atoms with Gasteiger partial charge in [0.25, 0.3) is 0 Å². The minimum absolute atomic E-state index is 0.186. The number of aromatic hydroxyl groups is 1. The largest absolute Gasteiger partial charge is 0.504 e. The van der Waals surface area contributed by atoms with Crippen molar-refractivity contribution in [2.24, 2.45) is 9.98 Å². The van der Waals surface area contributed by atoms with Gasteiger partial charge in [-0.25, -0.2) is 0 Å². The first-order chi connectivity index (χ1) is 11.6. The molecule has 0 bridgehead atoms. The van der Waals surface area contributed by atoms with Crippen LogP contribution in [0.4, 0.5) is 11.4 Å². The maximum Gasteiger partial charge on any atom is 0.165 e. The third kappa shape index (κ3) is 2.66. The van der Waals surface area contributed by atoms with Gasteiger partial charge in [0.15, 0.2) is 5.75 Å². The zero-order valence-corrected chi connectivity index (χ0v) is 14.3. The van der Waals surface area contributed by atoms with Crippen LogP contribution in [-0.4, -0.2) is 24.4 Å². The molecule has 4 rings (SSSR count). The lowest BCUT2D eigenvalue weighted by atomic mass is 10.1. The van der Waals surface area contributed by atoms with Gasteiger partial charge < -0.3 is 10.4 Å². The minimum Gasteiger partial charge on any atom is -0.504 e. The molecule has 0 radical (unpaired) electrons. The number of benzene rings is 2. The lowest BCUT2D eigenvalue weighted by Gasteiger charge is -2.12. The van der Waals surface area contributed by atoms with Crippen LogP contribution in [-0.2, 0) is 6.42 Å². The van der Waals surface area contributed by atoms with Gasteiger partial charge >= 0.3 is 0 Å². The first-order valence-corrected chi connectivity index (χ1v) is 8.54. The van der Waals surface area contributed by atoms with Gasteiger partial charge in [0.1, 0.15) is 5.69 Å². The number of nitrogens with one attached hydrogen (secondary N) is 1. The van der Waals surface area contributed by atoms with Crippen molar-refractivity contribution in [2.75, 3.05) is 18.4 Å². The highest BCUT2D eigenvalue weighted by atomic mass is 35.5. The van der Waals surface area contributed by atoms with Gasteiger partial charge in [0.05, 0.1) is 21.1 Å². The topological polar surface area (TPSA) is 57.0 Å². The average Bonchev–Trinajstić information content (AvgIpc) is 3.01. The molecule has 0 atom stereocenters. The molecule has 2 heterocycles. The first-order valence-electron chi connectivity index (χ1n) is 7.79. The molecular weight excluding hydrogens is 345 g/mol. The molecule has 0 saturated carbocycles. The summed E-state index contributed by atoms with van der Waals surface area (Å²) in [5, 5.41) is 16.7. The fourth-order valence-corrected chi connectivity index (χ4v) is 3.40. The van der Waals surface area contributed by atoms with Crippen LogP contribution >= 0.6 is 23.2 Å². The van der Waals surface area contributed by atoms with Gasteiger partial charge in [-0.2, -0.15) is 0 Å². The fourth-order valence-electron chi connectivity index (χ4n) is 3.08. The molecule has 2 aliphatic rings. The number of aliphatic imine (C=N–C) groups is 1. The van der Waals surface area contributed by atoms with Crippen molar-refractivity contribution in [3.05, 3.63) is 50.5 Å². The molecule has 0 unspecified atom stereocenters. The summed E-state index contributed by atoms with van der Waals surface area (Å²) < 4.78 is 0. The van der Waals surface area contributed by atoms with E-state index in [9.17, 15) is 5.11 Å². The number of halogens is 2. The molecule has 122 valence electrons. The molecule has 2 aromatic rings. The standard InChI is InChI=1S/C18H15Cl2N3O/c19-12-2-1-10(7-13(12)20)3-5-22-15-8-14-16-11(4-6-21-14)9-23-17(16)18(15)24/h1-2,7-9,22,24H,3-6H2. The third-order valence-electron chi connectivity index (χ3n) is 4.30. The lowest BCUT2D eigenvalue weighted by Crippen LogP contribution is -2.30. The number of phenols is 1. The van der Waals surface area contributed by atoms with E-state index in [1.54, 1.807) is 6.07 Å². The van der Waals surface area contributed by atoms with Crippen LogP contribution in [0, 0.1) is 0 Å². The third-order valence-corrected chi connectivity index (χ3v) is 5.04. The van der Waals surface area contributed by atoms with Crippen LogP contribution in [0.2, 0.25) is 10.0 Å². The van der Waals surface area contributed by atoms with Gasteiger partial charge in [-0.1, -0.05) is 29.3 Å². The van der Waals surface area contributed by atoms with E-state index in [0.29, 0.717) is 28.0 Å². The summed E-state index contributed by atoms with van der Waals surface area (Å²) in [6.45, 7) is 1.42. The Balaban J connectivity index is 1.56. The molecule has 6 heteroatoms. The molecule has 4 nitrogen and oxygen atoms in total. The number of rotatable bonds is 4. The first kappa shape index (κ1) is 15.5. The summed E-state index contributed by atoms with van der Waals surface area (Å²) in [7, 11) is 0. The van der Waals surface area contributed by atoms with Crippen molar-refractivity contribution in [2.45, 2.75) is 12.8 Å². The van der Waals surface area contributed by atoms with E-state index < -0.39 is 0 Å². The second kappa shape index (κ2) is 6.11. The maximum atomic E-state index is 10.5. The summed E-state index contributed by atoms with van der Waals surface area (Å²) >= 11 is 12.0. The molecule has 0 spiro atoms. The van der Waals surface area contributed by atoms with Gasteiger partial charge in [-0.3, -0.25) is 9.98 Å². The van der Waals surface area contributed by atoms with Gasteiger partial charge in [-0.15, -0.1) is 0 Å².